The van der Waals surface area contributed by atoms with Gasteiger partial charge in [-0.25, -0.2) is 4.39 Å². The van der Waals surface area contributed by atoms with Crippen molar-refractivity contribution in [3.8, 4) is 0 Å². The van der Waals surface area contributed by atoms with E-state index in [1.54, 1.807) is 0 Å². The number of pyridine rings is 1. The van der Waals surface area contributed by atoms with Crippen molar-refractivity contribution in [3.05, 3.63) is 32.9 Å². The Morgan fingerprint density at radius 1 is 1.67 bits per heavy atom. The molecule has 0 saturated carbocycles. The van der Waals surface area contributed by atoms with Crippen LogP contribution < -0.4 is 5.56 Å². The van der Waals surface area contributed by atoms with Crippen molar-refractivity contribution < 1.29 is 4.39 Å². The Balaban J connectivity index is 3.34. The monoisotopic (exact) mass is 191 g/mol. The van der Waals surface area contributed by atoms with Crippen LogP contribution in [0.25, 0.3) is 0 Å². The third-order valence-electron chi connectivity index (χ3n) is 0.827. The van der Waals surface area contributed by atoms with Crippen LogP contribution in [0.15, 0.2) is 21.5 Å². The molecule has 1 aromatic heterocycles. The first-order valence-electron chi connectivity index (χ1n) is 2.24. The Hall–Kier alpha value is -0.640. The molecule has 0 aliphatic carbocycles. The van der Waals surface area contributed by atoms with E-state index in [2.05, 4.69) is 20.9 Å². The molecule has 0 radical (unpaired) electrons. The second kappa shape index (κ2) is 2.31. The number of hydrogen-bond donors (Lipinski definition) is 1. The SMILES string of the molecule is O=c1cc(F)c(Br)c[nH]1. The van der Waals surface area contributed by atoms with Crippen molar-refractivity contribution in [1.29, 1.82) is 0 Å². The third kappa shape index (κ3) is 1.38. The van der Waals surface area contributed by atoms with Gasteiger partial charge in [0.05, 0.1) is 4.47 Å². The van der Waals surface area contributed by atoms with Gasteiger partial charge in [0.1, 0.15) is 5.82 Å². The van der Waals surface area contributed by atoms with Gasteiger partial charge in [0, 0.05) is 12.3 Å². The molecule has 0 bridgehead atoms. The normalized spacial score (nSPS) is 9.56. The number of nitrogens with one attached hydrogen (secondary N) is 1. The molecule has 0 spiro atoms. The van der Waals surface area contributed by atoms with Crippen LogP contribution in [0.2, 0.25) is 0 Å². The topological polar surface area (TPSA) is 32.9 Å². The Labute approximate surface area is 58.8 Å². The molecule has 0 atom stereocenters. The van der Waals surface area contributed by atoms with Gasteiger partial charge in [-0.1, -0.05) is 0 Å². The van der Waals surface area contributed by atoms with Crippen molar-refractivity contribution in [2.45, 2.75) is 0 Å². The molecule has 0 saturated heterocycles. The molecule has 9 heavy (non-hydrogen) atoms. The lowest BCUT2D eigenvalue weighted by molar-refractivity contribution is 0.616. The molecule has 0 fully saturated rings. The molecule has 1 heterocycles. The largest absolute Gasteiger partial charge is 0.328 e. The standard InChI is InChI=1S/C5H3BrFNO/c6-3-2-8-5(9)1-4(3)7/h1-2H,(H,8,9). The summed E-state index contributed by atoms with van der Waals surface area (Å²) in [6.45, 7) is 0. The van der Waals surface area contributed by atoms with Crippen molar-refractivity contribution in [2.24, 2.45) is 0 Å². The zero-order valence-electron chi connectivity index (χ0n) is 4.32. The summed E-state index contributed by atoms with van der Waals surface area (Å²) in [6.07, 6.45) is 1.26. The summed E-state index contributed by atoms with van der Waals surface area (Å²) in [4.78, 5) is 12.6. The lowest BCUT2D eigenvalue weighted by Gasteiger charge is -1.87. The predicted octanol–water partition coefficient (Wildman–Crippen LogP) is 1.28. The Bertz CT molecular complexity index is 270. The summed E-state index contributed by atoms with van der Waals surface area (Å²) in [5.74, 6) is -0.543. The number of H-pyrrole nitrogens is 1. The van der Waals surface area contributed by atoms with Crippen molar-refractivity contribution >= 4 is 15.9 Å². The maximum atomic E-state index is 12.3. The van der Waals surface area contributed by atoms with Crippen LogP contribution in [0.3, 0.4) is 0 Å². The quantitative estimate of drug-likeness (QED) is 0.659. The van der Waals surface area contributed by atoms with Gasteiger partial charge in [0.25, 0.3) is 5.56 Å². The molecule has 0 amide bonds. The van der Waals surface area contributed by atoms with E-state index in [0.717, 1.165) is 6.07 Å². The number of halogens is 2. The maximum Gasteiger partial charge on any atom is 0.250 e. The van der Waals surface area contributed by atoms with Crippen molar-refractivity contribution in [2.75, 3.05) is 0 Å². The molecule has 48 valence electrons. The number of aromatic nitrogens is 1. The molecule has 0 aliphatic heterocycles. The summed E-state index contributed by atoms with van der Waals surface area (Å²) in [5, 5.41) is 0. The van der Waals surface area contributed by atoms with Gasteiger partial charge in [0.15, 0.2) is 0 Å². The van der Waals surface area contributed by atoms with E-state index in [9.17, 15) is 9.18 Å². The minimum atomic E-state index is -0.543. The second-order valence-corrected chi connectivity index (χ2v) is 2.35. The summed E-state index contributed by atoms with van der Waals surface area (Å²) >= 11 is 2.88. The number of rotatable bonds is 0. The first-order chi connectivity index (χ1) is 4.20. The molecule has 0 aromatic carbocycles. The lowest BCUT2D eigenvalue weighted by atomic mass is 10.5. The highest BCUT2D eigenvalue weighted by Gasteiger charge is 1.95. The lowest BCUT2D eigenvalue weighted by Crippen LogP contribution is -2.03. The zero-order chi connectivity index (χ0) is 6.85. The summed E-state index contributed by atoms with van der Waals surface area (Å²) in [7, 11) is 0. The Morgan fingerprint density at radius 2 is 2.33 bits per heavy atom. The summed E-state index contributed by atoms with van der Waals surface area (Å²) in [5.41, 5.74) is -0.435. The van der Waals surface area contributed by atoms with Gasteiger partial charge < -0.3 is 4.98 Å². The molecule has 1 rings (SSSR count). The molecule has 0 unspecified atom stereocenters. The first-order valence-corrected chi connectivity index (χ1v) is 3.03. The summed E-state index contributed by atoms with van der Waals surface area (Å²) in [6, 6.07) is 0.879. The van der Waals surface area contributed by atoms with Crippen molar-refractivity contribution in [3.63, 3.8) is 0 Å². The minimum Gasteiger partial charge on any atom is -0.328 e. The first kappa shape index (κ1) is 6.48. The van der Waals surface area contributed by atoms with E-state index < -0.39 is 11.4 Å². The highest BCUT2D eigenvalue weighted by molar-refractivity contribution is 9.10. The van der Waals surface area contributed by atoms with Gasteiger partial charge in [0.2, 0.25) is 0 Å². The van der Waals surface area contributed by atoms with Gasteiger partial charge in [-0.3, -0.25) is 4.79 Å². The van der Waals surface area contributed by atoms with Gasteiger partial charge in [-0.05, 0) is 15.9 Å². The van der Waals surface area contributed by atoms with Crippen LogP contribution in [-0.4, -0.2) is 4.98 Å². The molecular formula is C5H3BrFNO. The predicted molar refractivity (Wildman–Crippen MR) is 34.7 cm³/mol. The molecule has 1 N–H and O–H groups in total. The average molecular weight is 192 g/mol. The van der Waals surface area contributed by atoms with Crippen LogP contribution in [0.5, 0.6) is 0 Å². The van der Waals surface area contributed by atoms with Crippen LogP contribution in [-0.2, 0) is 0 Å². The summed E-state index contributed by atoms with van der Waals surface area (Å²) < 4.78 is 12.6. The molecule has 0 aliphatic rings. The molecule has 1 aromatic rings. The molecule has 2 nitrogen and oxygen atoms in total. The minimum absolute atomic E-state index is 0.266. The fourth-order valence-corrected chi connectivity index (χ4v) is 0.658. The highest BCUT2D eigenvalue weighted by Crippen LogP contribution is 2.09. The van der Waals surface area contributed by atoms with E-state index in [0.29, 0.717) is 0 Å². The average Bonchev–Trinajstić information content (AvgIpc) is 1.80. The van der Waals surface area contributed by atoms with E-state index >= 15 is 0 Å². The fourth-order valence-electron chi connectivity index (χ4n) is 0.429. The van der Waals surface area contributed by atoms with E-state index in [4.69, 9.17) is 0 Å². The van der Waals surface area contributed by atoms with Crippen LogP contribution in [0.1, 0.15) is 0 Å². The second-order valence-electron chi connectivity index (χ2n) is 1.49. The molecular weight excluding hydrogens is 189 g/mol. The Kier molecular flexibility index (Phi) is 1.66. The number of hydrogen-bond acceptors (Lipinski definition) is 1. The highest BCUT2D eigenvalue weighted by atomic mass is 79.9. The van der Waals surface area contributed by atoms with Gasteiger partial charge >= 0.3 is 0 Å². The smallest absolute Gasteiger partial charge is 0.250 e. The van der Waals surface area contributed by atoms with E-state index in [1.165, 1.54) is 6.20 Å². The van der Waals surface area contributed by atoms with Crippen LogP contribution in [0, 0.1) is 5.82 Å². The van der Waals surface area contributed by atoms with Crippen LogP contribution in [0.4, 0.5) is 4.39 Å². The van der Waals surface area contributed by atoms with E-state index in [-0.39, 0.29) is 4.47 Å². The zero-order valence-corrected chi connectivity index (χ0v) is 5.90. The van der Waals surface area contributed by atoms with Gasteiger partial charge in [-0.2, -0.15) is 0 Å². The van der Waals surface area contributed by atoms with Crippen molar-refractivity contribution in [1.82, 2.24) is 4.98 Å². The Morgan fingerprint density at radius 3 is 2.78 bits per heavy atom. The molecule has 4 heteroatoms. The third-order valence-corrected chi connectivity index (χ3v) is 1.43. The maximum absolute atomic E-state index is 12.3. The number of aromatic amines is 1. The fraction of sp³-hybridized carbons (Fsp3) is 0. The van der Waals surface area contributed by atoms with E-state index in [1.807, 2.05) is 0 Å². The van der Waals surface area contributed by atoms with Gasteiger partial charge in [-0.15, -0.1) is 0 Å². The van der Waals surface area contributed by atoms with Crippen LogP contribution >= 0.6 is 15.9 Å².